The summed E-state index contributed by atoms with van der Waals surface area (Å²) < 4.78 is 21.3. The predicted molar refractivity (Wildman–Crippen MR) is 132 cm³/mol. The van der Waals surface area contributed by atoms with Crippen molar-refractivity contribution in [3.05, 3.63) is 0 Å². The summed E-state index contributed by atoms with van der Waals surface area (Å²) in [5.74, 6) is -0.893. The summed E-state index contributed by atoms with van der Waals surface area (Å²) >= 11 is 0. The molecule has 0 amide bonds. The summed E-state index contributed by atoms with van der Waals surface area (Å²) in [6, 6.07) is 0. The van der Waals surface area contributed by atoms with E-state index in [4.69, 9.17) is 24.1 Å². The fraction of sp³-hybridized carbons (Fsp3) is 0.962. The molecule has 0 saturated heterocycles. The van der Waals surface area contributed by atoms with Crippen molar-refractivity contribution in [1.29, 1.82) is 0 Å². The molecule has 7 heteroatoms. The van der Waals surface area contributed by atoms with E-state index < -0.39 is 12.1 Å². The molecule has 0 aromatic rings. The number of ether oxygens (including phenoxy) is 4. The van der Waals surface area contributed by atoms with Crippen LogP contribution in [0.3, 0.4) is 0 Å². The first-order chi connectivity index (χ1) is 16.2. The summed E-state index contributed by atoms with van der Waals surface area (Å²) in [6.07, 6.45) is 17.9. The van der Waals surface area contributed by atoms with E-state index >= 15 is 0 Å². The molecule has 0 heterocycles. The average Bonchev–Trinajstić information content (AvgIpc) is 2.81. The van der Waals surface area contributed by atoms with Gasteiger partial charge in [-0.15, -0.1) is 0 Å². The minimum atomic E-state index is -0.893. The van der Waals surface area contributed by atoms with Crippen LogP contribution in [0.5, 0.6) is 0 Å². The largest absolute Gasteiger partial charge is 0.479 e. The Kier molecular flexibility index (Phi) is 26.9. The highest BCUT2D eigenvalue weighted by molar-refractivity contribution is 5.72. The molecule has 0 spiro atoms. The van der Waals surface area contributed by atoms with Crippen LogP contribution < -0.4 is 0 Å². The average molecular weight is 477 g/mol. The van der Waals surface area contributed by atoms with Crippen LogP contribution >= 0.6 is 0 Å². The van der Waals surface area contributed by atoms with E-state index in [-0.39, 0.29) is 13.2 Å². The number of aliphatic hydroxyl groups is 1. The van der Waals surface area contributed by atoms with Crippen LogP contribution in [0.2, 0.25) is 0 Å². The first-order valence-electron chi connectivity index (χ1n) is 13.4. The fourth-order valence-corrected chi connectivity index (χ4v) is 3.66. The van der Waals surface area contributed by atoms with Gasteiger partial charge in [0.05, 0.1) is 52.9 Å². The Morgan fingerprint density at radius 2 is 1.00 bits per heavy atom. The fourth-order valence-electron chi connectivity index (χ4n) is 3.66. The maximum absolute atomic E-state index is 11.4. The highest BCUT2D eigenvalue weighted by atomic mass is 16.6. The molecule has 33 heavy (non-hydrogen) atoms. The second-order valence-electron chi connectivity index (χ2n) is 8.64. The number of hydrogen-bond acceptors (Lipinski definition) is 6. The summed E-state index contributed by atoms with van der Waals surface area (Å²) in [6.45, 7) is 5.01. The lowest BCUT2D eigenvalue weighted by atomic mass is 10.0. The van der Waals surface area contributed by atoms with Crippen molar-refractivity contribution in [2.45, 2.75) is 109 Å². The maximum atomic E-state index is 11.4. The molecule has 0 aromatic heterocycles. The van der Waals surface area contributed by atoms with Crippen molar-refractivity contribution < 1.29 is 34.0 Å². The third-order valence-electron chi connectivity index (χ3n) is 5.62. The standard InChI is InChI=1S/C26H52O7/c1-2-3-4-5-6-7-8-9-10-11-12-13-14-15-16-25(26(28)29)33-24-23-32-22-21-31-20-19-30-18-17-27/h25,27H,2-24H2,1H3,(H,28,29). The quantitative estimate of drug-likeness (QED) is 0.147. The van der Waals surface area contributed by atoms with Crippen molar-refractivity contribution in [1.82, 2.24) is 0 Å². The van der Waals surface area contributed by atoms with E-state index in [2.05, 4.69) is 6.92 Å². The van der Waals surface area contributed by atoms with Crippen molar-refractivity contribution in [2.75, 3.05) is 52.9 Å². The number of rotatable bonds is 28. The van der Waals surface area contributed by atoms with Crippen LogP contribution in [0.25, 0.3) is 0 Å². The number of unbranched alkanes of at least 4 members (excludes halogenated alkanes) is 13. The van der Waals surface area contributed by atoms with Gasteiger partial charge in [0.15, 0.2) is 6.10 Å². The SMILES string of the molecule is CCCCCCCCCCCCCCCCC(OCCOCCOCCOCCO)C(=O)O. The van der Waals surface area contributed by atoms with Crippen LogP contribution in [0.15, 0.2) is 0 Å². The van der Waals surface area contributed by atoms with Gasteiger partial charge in [-0.2, -0.15) is 0 Å². The second kappa shape index (κ2) is 27.5. The van der Waals surface area contributed by atoms with Gasteiger partial charge < -0.3 is 29.2 Å². The van der Waals surface area contributed by atoms with Gasteiger partial charge in [0.25, 0.3) is 0 Å². The molecular weight excluding hydrogens is 424 g/mol. The third-order valence-corrected chi connectivity index (χ3v) is 5.62. The normalized spacial score (nSPS) is 12.3. The van der Waals surface area contributed by atoms with Gasteiger partial charge in [0, 0.05) is 0 Å². The summed E-state index contributed by atoms with van der Waals surface area (Å²) in [5.41, 5.74) is 0. The van der Waals surface area contributed by atoms with Crippen molar-refractivity contribution in [2.24, 2.45) is 0 Å². The van der Waals surface area contributed by atoms with Crippen LogP contribution in [-0.4, -0.2) is 75.1 Å². The number of carboxylic acid groups (broad SMARTS) is 1. The number of aliphatic hydroxyl groups excluding tert-OH is 1. The maximum Gasteiger partial charge on any atom is 0.332 e. The lowest BCUT2D eigenvalue weighted by Gasteiger charge is -2.14. The lowest BCUT2D eigenvalue weighted by molar-refractivity contribution is -0.152. The molecule has 0 saturated carbocycles. The Hall–Kier alpha value is -0.730. The zero-order valence-electron chi connectivity index (χ0n) is 21.3. The highest BCUT2D eigenvalue weighted by Crippen LogP contribution is 2.14. The zero-order valence-corrected chi connectivity index (χ0v) is 21.3. The van der Waals surface area contributed by atoms with Gasteiger partial charge >= 0.3 is 5.97 Å². The highest BCUT2D eigenvalue weighted by Gasteiger charge is 2.17. The topological polar surface area (TPSA) is 94.5 Å². The Morgan fingerprint density at radius 1 is 0.606 bits per heavy atom. The third kappa shape index (κ3) is 25.7. The van der Waals surface area contributed by atoms with Gasteiger partial charge in [-0.25, -0.2) is 4.79 Å². The molecular formula is C26H52O7. The molecule has 0 aliphatic rings. The van der Waals surface area contributed by atoms with Crippen molar-refractivity contribution in [3.8, 4) is 0 Å². The Morgan fingerprint density at radius 3 is 1.42 bits per heavy atom. The molecule has 0 rings (SSSR count). The van der Waals surface area contributed by atoms with Gasteiger partial charge in [-0.3, -0.25) is 0 Å². The van der Waals surface area contributed by atoms with Crippen LogP contribution in [0, 0.1) is 0 Å². The first kappa shape index (κ1) is 32.3. The van der Waals surface area contributed by atoms with Crippen molar-refractivity contribution in [3.63, 3.8) is 0 Å². The van der Waals surface area contributed by atoms with Crippen molar-refractivity contribution >= 4 is 5.97 Å². The van der Waals surface area contributed by atoms with Crippen LogP contribution in [-0.2, 0) is 23.7 Å². The smallest absolute Gasteiger partial charge is 0.332 e. The number of aliphatic carboxylic acids is 1. The molecule has 0 fully saturated rings. The molecule has 0 aromatic carbocycles. The predicted octanol–water partition coefficient (Wildman–Crippen LogP) is 5.37. The van der Waals surface area contributed by atoms with E-state index in [0.29, 0.717) is 46.1 Å². The Bertz CT molecular complexity index is 393. The molecule has 0 bridgehead atoms. The molecule has 7 nitrogen and oxygen atoms in total. The molecule has 0 radical (unpaired) electrons. The Balaban J connectivity index is 3.41. The number of carboxylic acids is 1. The number of hydrogen-bond donors (Lipinski definition) is 2. The molecule has 1 atom stereocenters. The van der Waals surface area contributed by atoms with Gasteiger partial charge in [-0.1, -0.05) is 96.8 Å². The Labute approximate surface area is 202 Å². The van der Waals surface area contributed by atoms with Crippen LogP contribution in [0.1, 0.15) is 103 Å². The molecule has 0 aliphatic heterocycles. The van der Waals surface area contributed by atoms with E-state index in [1.807, 2.05) is 0 Å². The van der Waals surface area contributed by atoms with E-state index in [9.17, 15) is 9.90 Å². The summed E-state index contributed by atoms with van der Waals surface area (Å²) in [7, 11) is 0. The number of carbonyl (C=O) groups is 1. The zero-order chi connectivity index (χ0) is 24.2. The van der Waals surface area contributed by atoms with E-state index in [0.717, 1.165) is 12.8 Å². The molecule has 0 aliphatic carbocycles. The molecule has 2 N–H and O–H groups in total. The van der Waals surface area contributed by atoms with Gasteiger partial charge in [0.2, 0.25) is 0 Å². The molecule has 198 valence electrons. The van der Waals surface area contributed by atoms with E-state index in [1.54, 1.807) is 0 Å². The minimum Gasteiger partial charge on any atom is -0.479 e. The monoisotopic (exact) mass is 476 g/mol. The first-order valence-corrected chi connectivity index (χ1v) is 13.4. The van der Waals surface area contributed by atoms with Crippen LogP contribution in [0.4, 0.5) is 0 Å². The summed E-state index contributed by atoms with van der Waals surface area (Å²) in [4.78, 5) is 11.4. The lowest BCUT2D eigenvalue weighted by Crippen LogP contribution is -2.25. The second-order valence-corrected chi connectivity index (χ2v) is 8.64. The van der Waals surface area contributed by atoms with Gasteiger partial charge in [-0.05, 0) is 6.42 Å². The summed E-state index contributed by atoms with van der Waals surface area (Å²) in [5, 5.41) is 17.9. The molecule has 1 unspecified atom stereocenters. The van der Waals surface area contributed by atoms with E-state index in [1.165, 1.54) is 77.0 Å². The van der Waals surface area contributed by atoms with Gasteiger partial charge in [0.1, 0.15) is 0 Å². The minimum absolute atomic E-state index is 0.0137.